The first-order valence-electron chi connectivity index (χ1n) is 10.8. The van der Waals surface area contributed by atoms with Crippen molar-refractivity contribution in [3.63, 3.8) is 0 Å². The van der Waals surface area contributed by atoms with Crippen LogP contribution in [0.4, 0.5) is 11.5 Å². The molecule has 0 saturated carbocycles. The van der Waals surface area contributed by atoms with Crippen molar-refractivity contribution in [2.75, 3.05) is 17.3 Å². The van der Waals surface area contributed by atoms with Gasteiger partial charge in [0.1, 0.15) is 11.6 Å². The third kappa shape index (κ3) is 4.06. The Morgan fingerprint density at radius 2 is 1.94 bits per heavy atom. The number of phenolic OH excluding ortho intramolecular Hbond substituents is 1. The van der Waals surface area contributed by atoms with Gasteiger partial charge in [-0.05, 0) is 24.6 Å². The zero-order chi connectivity index (χ0) is 23.7. The Bertz CT molecular complexity index is 1450. The van der Waals surface area contributed by atoms with E-state index in [4.69, 9.17) is 4.98 Å². The first-order chi connectivity index (χ1) is 16.5. The van der Waals surface area contributed by atoms with E-state index in [9.17, 15) is 9.90 Å². The minimum absolute atomic E-state index is 0.0666. The lowest BCUT2D eigenvalue weighted by Crippen LogP contribution is -2.23. The predicted molar refractivity (Wildman–Crippen MR) is 130 cm³/mol. The molecule has 5 aromatic rings. The summed E-state index contributed by atoms with van der Waals surface area (Å²) in [4.78, 5) is 19.8. The van der Waals surface area contributed by atoms with E-state index in [0.29, 0.717) is 11.3 Å². The normalized spacial score (nSPS) is 11.9. The Hall–Kier alpha value is -4.66. The minimum atomic E-state index is -0.401. The maximum atomic E-state index is 12.9. The number of aromatic amines is 1. The van der Waals surface area contributed by atoms with E-state index in [1.807, 2.05) is 31.3 Å². The van der Waals surface area contributed by atoms with Gasteiger partial charge in [0, 0.05) is 42.7 Å². The molecule has 0 spiro atoms. The molecule has 0 aliphatic carbocycles. The maximum Gasteiger partial charge on any atom is 0.276 e. The molecule has 3 N–H and O–H groups in total. The van der Waals surface area contributed by atoms with Gasteiger partial charge in [0.2, 0.25) is 0 Å². The highest BCUT2D eigenvalue weighted by Crippen LogP contribution is 2.29. The summed E-state index contributed by atoms with van der Waals surface area (Å²) in [6.45, 7) is 2.11. The van der Waals surface area contributed by atoms with E-state index in [1.165, 1.54) is 12.1 Å². The fourth-order valence-electron chi connectivity index (χ4n) is 3.78. The molecule has 2 aromatic carbocycles. The van der Waals surface area contributed by atoms with Gasteiger partial charge in [0.05, 0.1) is 17.9 Å². The first kappa shape index (κ1) is 21.2. The van der Waals surface area contributed by atoms with Crippen molar-refractivity contribution in [1.82, 2.24) is 24.8 Å². The Morgan fingerprint density at radius 1 is 1.12 bits per heavy atom. The van der Waals surface area contributed by atoms with E-state index < -0.39 is 5.91 Å². The lowest BCUT2D eigenvalue weighted by molar-refractivity contribution is 0.102. The molecule has 0 aliphatic rings. The number of hydrogen-bond acceptors (Lipinski definition) is 6. The molecule has 5 rings (SSSR count). The Morgan fingerprint density at radius 3 is 2.68 bits per heavy atom. The molecule has 0 radical (unpaired) electrons. The van der Waals surface area contributed by atoms with Crippen molar-refractivity contribution in [1.29, 1.82) is 0 Å². The number of fused-ring (bicyclic) bond motifs is 1. The number of nitrogens with one attached hydrogen (secondary N) is 2. The summed E-state index contributed by atoms with van der Waals surface area (Å²) in [5.41, 5.74) is 3.94. The van der Waals surface area contributed by atoms with Crippen LogP contribution in [0.5, 0.6) is 5.75 Å². The summed E-state index contributed by atoms with van der Waals surface area (Å²) < 4.78 is 1.63. The fourth-order valence-corrected chi connectivity index (χ4v) is 3.78. The molecule has 1 atom stereocenters. The van der Waals surface area contributed by atoms with Gasteiger partial charge >= 0.3 is 0 Å². The quantitative estimate of drug-likeness (QED) is 0.354. The SMILES string of the molecule is CC(c1ccccc1)N(C)c1cc(-c2cn[nH]c2)n2nc(C(=O)Nc3cccc(O)c3)cc2n1. The van der Waals surface area contributed by atoms with Crippen molar-refractivity contribution in [2.45, 2.75) is 13.0 Å². The monoisotopic (exact) mass is 453 g/mol. The molecule has 3 heterocycles. The molecule has 9 heteroatoms. The molecule has 3 aromatic heterocycles. The van der Waals surface area contributed by atoms with Crippen LogP contribution in [-0.4, -0.2) is 42.9 Å². The number of benzene rings is 2. The number of aromatic hydroxyl groups is 1. The van der Waals surface area contributed by atoms with Gasteiger partial charge in [0.25, 0.3) is 5.91 Å². The number of nitrogens with zero attached hydrogens (tertiary/aromatic N) is 5. The summed E-state index contributed by atoms with van der Waals surface area (Å²) in [5, 5.41) is 23.8. The highest BCUT2D eigenvalue weighted by Gasteiger charge is 2.20. The zero-order valence-electron chi connectivity index (χ0n) is 18.7. The van der Waals surface area contributed by atoms with E-state index in [2.05, 4.69) is 44.6 Å². The van der Waals surface area contributed by atoms with Gasteiger partial charge in [-0.1, -0.05) is 36.4 Å². The summed E-state index contributed by atoms with van der Waals surface area (Å²) in [6, 6.07) is 20.2. The predicted octanol–water partition coefficient (Wildman–Crippen LogP) is 4.27. The summed E-state index contributed by atoms with van der Waals surface area (Å²) >= 11 is 0. The molecule has 0 bridgehead atoms. The van der Waals surface area contributed by atoms with Crippen LogP contribution in [0.25, 0.3) is 16.9 Å². The van der Waals surface area contributed by atoms with Crippen LogP contribution < -0.4 is 10.2 Å². The lowest BCUT2D eigenvalue weighted by Gasteiger charge is -2.27. The van der Waals surface area contributed by atoms with Gasteiger partial charge in [-0.3, -0.25) is 9.89 Å². The van der Waals surface area contributed by atoms with Crippen LogP contribution in [0.1, 0.15) is 29.0 Å². The number of phenols is 1. The number of carbonyl (C=O) groups excluding carboxylic acids is 1. The number of aromatic nitrogens is 5. The van der Waals surface area contributed by atoms with Crippen molar-refractivity contribution in [2.24, 2.45) is 0 Å². The van der Waals surface area contributed by atoms with Crippen molar-refractivity contribution in [3.8, 4) is 17.0 Å². The molecule has 0 fully saturated rings. The maximum absolute atomic E-state index is 12.9. The molecule has 170 valence electrons. The zero-order valence-corrected chi connectivity index (χ0v) is 18.7. The number of H-pyrrole nitrogens is 1. The second-order valence-electron chi connectivity index (χ2n) is 7.99. The number of amides is 1. The lowest BCUT2D eigenvalue weighted by atomic mass is 10.1. The second-order valence-corrected chi connectivity index (χ2v) is 7.99. The third-order valence-electron chi connectivity index (χ3n) is 5.77. The van der Waals surface area contributed by atoms with Gasteiger partial charge in [-0.15, -0.1) is 0 Å². The molecule has 0 saturated heterocycles. The van der Waals surface area contributed by atoms with Crippen LogP contribution >= 0.6 is 0 Å². The van der Waals surface area contributed by atoms with Crippen molar-refractivity contribution >= 4 is 23.1 Å². The second kappa shape index (κ2) is 8.70. The van der Waals surface area contributed by atoms with E-state index >= 15 is 0 Å². The average Bonchev–Trinajstić information content (AvgIpc) is 3.53. The highest BCUT2D eigenvalue weighted by molar-refractivity contribution is 6.03. The molecule has 34 heavy (non-hydrogen) atoms. The molecular formula is C25H23N7O2. The van der Waals surface area contributed by atoms with Crippen LogP contribution in [0.2, 0.25) is 0 Å². The van der Waals surface area contributed by atoms with E-state index in [0.717, 1.165) is 22.6 Å². The summed E-state index contributed by atoms with van der Waals surface area (Å²) in [6.07, 6.45) is 3.47. The summed E-state index contributed by atoms with van der Waals surface area (Å²) in [7, 11) is 1.99. The van der Waals surface area contributed by atoms with Gasteiger partial charge in [0.15, 0.2) is 11.3 Å². The topological polar surface area (TPSA) is 111 Å². The first-order valence-corrected chi connectivity index (χ1v) is 10.8. The highest BCUT2D eigenvalue weighted by atomic mass is 16.3. The Labute approximate surface area is 195 Å². The number of rotatable bonds is 6. The van der Waals surface area contributed by atoms with E-state index in [1.54, 1.807) is 35.1 Å². The Balaban J connectivity index is 1.55. The molecule has 0 aliphatic heterocycles. The Kier molecular flexibility index (Phi) is 5.43. The number of anilines is 2. The largest absolute Gasteiger partial charge is 0.508 e. The molecule has 9 nitrogen and oxygen atoms in total. The number of hydrogen-bond donors (Lipinski definition) is 3. The van der Waals surface area contributed by atoms with Gasteiger partial charge in [-0.2, -0.15) is 10.2 Å². The standard InChI is InChI=1S/C25H23N7O2/c1-16(17-7-4-3-5-8-17)31(2)23-13-22(18-14-26-27-15-18)32-24(29-23)12-21(30-32)25(34)28-19-9-6-10-20(33)11-19/h3-16,33H,1-2H3,(H,26,27)(H,28,34). The van der Waals surface area contributed by atoms with Gasteiger partial charge in [-0.25, -0.2) is 9.50 Å². The molecule has 1 amide bonds. The van der Waals surface area contributed by atoms with Crippen LogP contribution in [0.3, 0.4) is 0 Å². The summed E-state index contributed by atoms with van der Waals surface area (Å²) in [5.74, 6) is 0.402. The smallest absolute Gasteiger partial charge is 0.276 e. The third-order valence-corrected chi connectivity index (χ3v) is 5.77. The fraction of sp³-hybridized carbons (Fsp3) is 0.120. The average molecular weight is 454 g/mol. The van der Waals surface area contributed by atoms with Crippen LogP contribution in [0, 0.1) is 0 Å². The van der Waals surface area contributed by atoms with Gasteiger partial charge < -0.3 is 15.3 Å². The molecule has 1 unspecified atom stereocenters. The molecular weight excluding hydrogens is 430 g/mol. The number of carbonyl (C=O) groups is 1. The van der Waals surface area contributed by atoms with Crippen LogP contribution in [0.15, 0.2) is 79.1 Å². The van der Waals surface area contributed by atoms with E-state index in [-0.39, 0.29) is 17.5 Å². The minimum Gasteiger partial charge on any atom is -0.508 e. The van der Waals surface area contributed by atoms with Crippen LogP contribution in [-0.2, 0) is 0 Å². The van der Waals surface area contributed by atoms with Crippen molar-refractivity contribution < 1.29 is 9.90 Å². The van der Waals surface area contributed by atoms with Crippen molar-refractivity contribution in [3.05, 3.63) is 90.4 Å².